The molecule has 0 saturated heterocycles. The van der Waals surface area contributed by atoms with Crippen molar-refractivity contribution in [2.45, 2.75) is 25.7 Å². The van der Waals surface area contributed by atoms with Crippen LogP contribution < -0.4 is 4.74 Å². The van der Waals surface area contributed by atoms with Crippen molar-refractivity contribution in [1.82, 2.24) is 4.90 Å². The molecule has 2 aromatic carbocycles. The molecule has 26 heavy (non-hydrogen) atoms. The average molecular weight is 362 g/mol. The predicted molar refractivity (Wildman–Crippen MR) is 89.1 cm³/mol. The van der Waals surface area contributed by atoms with Gasteiger partial charge in [-0.3, -0.25) is 4.79 Å². The molecule has 4 nitrogen and oxygen atoms in total. The zero-order valence-electron chi connectivity index (χ0n) is 14.1. The molecule has 0 saturated carbocycles. The number of hydrogen-bond acceptors (Lipinski definition) is 3. The normalized spacial score (nSPS) is 10.9. The summed E-state index contributed by atoms with van der Waals surface area (Å²) in [7, 11) is 1.53. The molecule has 2 rings (SSSR count). The highest BCUT2D eigenvalue weighted by Gasteiger charge is 2.32. The monoisotopic (exact) mass is 362 g/mol. The number of hydrogen-bond donors (Lipinski definition) is 0. The quantitative estimate of drug-likeness (QED) is 0.779. The van der Waals surface area contributed by atoms with Crippen LogP contribution in [0.1, 0.15) is 23.1 Å². The van der Waals surface area contributed by atoms with Gasteiger partial charge in [-0.25, -0.2) is 0 Å². The van der Waals surface area contributed by atoms with Gasteiger partial charge in [-0.1, -0.05) is 30.3 Å². The molecule has 0 N–H and O–H groups in total. The molecule has 0 aliphatic rings. The van der Waals surface area contributed by atoms with E-state index in [4.69, 9.17) is 5.26 Å². The van der Waals surface area contributed by atoms with Gasteiger partial charge in [0, 0.05) is 25.6 Å². The number of benzene rings is 2. The van der Waals surface area contributed by atoms with Gasteiger partial charge in [0.05, 0.1) is 11.6 Å². The predicted octanol–water partition coefficient (Wildman–Crippen LogP) is 4.05. The lowest BCUT2D eigenvalue weighted by Crippen LogP contribution is -2.27. The van der Waals surface area contributed by atoms with E-state index in [2.05, 4.69) is 4.74 Å². The fraction of sp³-hybridized carbons (Fsp3) is 0.263. The maximum absolute atomic E-state index is 12.5. The molecule has 136 valence electrons. The Kier molecular flexibility index (Phi) is 6.23. The van der Waals surface area contributed by atoms with Crippen molar-refractivity contribution in [3.8, 4) is 11.8 Å². The lowest BCUT2D eigenvalue weighted by atomic mass is 10.1. The number of amides is 1. The molecule has 0 aromatic heterocycles. The van der Waals surface area contributed by atoms with Gasteiger partial charge in [0.25, 0.3) is 0 Å². The number of alkyl halides is 3. The summed E-state index contributed by atoms with van der Waals surface area (Å²) in [4.78, 5) is 13.6. The number of ether oxygens (including phenoxy) is 1. The van der Waals surface area contributed by atoms with E-state index in [1.54, 1.807) is 30.3 Å². The topological polar surface area (TPSA) is 53.3 Å². The maximum atomic E-state index is 12.5. The molecule has 0 atom stereocenters. The summed E-state index contributed by atoms with van der Waals surface area (Å²) in [6.07, 6.45) is -4.09. The van der Waals surface area contributed by atoms with Crippen molar-refractivity contribution in [2.75, 3.05) is 7.05 Å². The third-order valence-electron chi connectivity index (χ3n) is 3.74. The second-order valence-electron chi connectivity index (χ2n) is 5.71. The van der Waals surface area contributed by atoms with Crippen molar-refractivity contribution in [3.63, 3.8) is 0 Å². The van der Waals surface area contributed by atoms with Crippen LogP contribution in [0.4, 0.5) is 13.2 Å². The summed E-state index contributed by atoms with van der Waals surface area (Å²) in [5, 5.41) is 8.76. The standard InChI is InChI=1S/C19H17F3N2O2/c1-24(13-16-4-2-3-5-17(16)26-19(20,21)22)18(25)11-10-14-6-8-15(12-23)9-7-14/h2-9H,10-11,13H2,1H3. The lowest BCUT2D eigenvalue weighted by molar-refractivity contribution is -0.275. The highest BCUT2D eigenvalue weighted by molar-refractivity contribution is 5.76. The Bertz CT molecular complexity index is 796. The van der Waals surface area contributed by atoms with Crippen LogP contribution in [0, 0.1) is 11.3 Å². The van der Waals surface area contributed by atoms with Crippen LogP contribution in [-0.2, 0) is 17.8 Å². The number of aryl methyl sites for hydroxylation is 1. The summed E-state index contributed by atoms with van der Waals surface area (Å²) < 4.78 is 41.4. The smallest absolute Gasteiger partial charge is 0.405 e. The molecule has 0 spiro atoms. The summed E-state index contributed by atoms with van der Waals surface area (Å²) >= 11 is 0. The summed E-state index contributed by atoms with van der Waals surface area (Å²) in [5.41, 5.74) is 1.73. The second-order valence-corrected chi connectivity index (χ2v) is 5.71. The SMILES string of the molecule is CN(Cc1ccccc1OC(F)(F)F)C(=O)CCc1ccc(C#N)cc1. The van der Waals surface area contributed by atoms with E-state index in [0.29, 0.717) is 12.0 Å². The Labute approximate surface area is 149 Å². The summed E-state index contributed by atoms with van der Waals surface area (Å²) in [6.45, 7) is 0.0124. The van der Waals surface area contributed by atoms with Crippen molar-refractivity contribution < 1.29 is 22.7 Å². The molecular formula is C19H17F3N2O2. The molecule has 0 aliphatic carbocycles. The Morgan fingerprint density at radius 1 is 1.15 bits per heavy atom. The first-order valence-corrected chi connectivity index (χ1v) is 7.85. The van der Waals surface area contributed by atoms with Gasteiger partial charge < -0.3 is 9.64 Å². The minimum atomic E-state index is -4.78. The second kappa shape index (κ2) is 8.39. The van der Waals surface area contributed by atoms with E-state index in [9.17, 15) is 18.0 Å². The van der Waals surface area contributed by atoms with Gasteiger partial charge in [0.2, 0.25) is 5.91 Å². The average Bonchev–Trinajstić information content (AvgIpc) is 2.60. The highest BCUT2D eigenvalue weighted by atomic mass is 19.4. The molecule has 0 bridgehead atoms. The van der Waals surface area contributed by atoms with E-state index in [0.717, 1.165) is 5.56 Å². The van der Waals surface area contributed by atoms with Crippen molar-refractivity contribution in [3.05, 3.63) is 65.2 Å². The van der Waals surface area contributed by atoms with Crippen LogP contribution in [0.15, 0.2) is 48.5 Å². The van der Waals surface area contributed by atoms with Gasteiger partial charge in [0.1, 0.15) is 5.75 Å². The van der Waals surface area contributed by atoms with Crippen LogP contribution in [0.25, 0.3) is 0 Å². The molecule has 0 heterocycles. The van der Waals surface area contributed by atoms with E-state index in [1.165, 1.54) is 30.1 Å². The molecule has 7 heteroatoms. The third kappa shape index (κ3) is 5.81. The number of carbonyl (C=O) groups is 1. The van der Waals surface area contributed by atoms with Crippen LogP contribution in [-0.4, -0.2) is 24.2 Å². The zero-order valence-corrected chi connectivity index (χ0v) is 14.1. The van der Waals surface area contributed by atoms with Crippen LogP contribution in [0.3, 0.4) is 0 Å². The molecule has 0 aliphatic heterocycles. The van der Waals surface area contributed by atoms with Gasteiger partial charge in [-0.05, 0) is 30.2 Å². The summed E-state index contributed by atoms with van der Waals surface area (Å²) in [5.74, 6) is -0.511. The van der Waals surface area contributed by atoms with Gasteiger partial charge in [0.15, 0.2) is 0 Å². The number of carbonyl (C=O) groups excluding carboxylic acids is 1. The first-order chi connectivity index (χ1) is 12.3. The van der Waals surface area contributed by atoms with E-state index in [1.807, 2.05) is 6.07 Å². The number of para-hydroxylation sites is 1. The van der Waals surface area contributed by atoms with Crippen molar-refractivity contribution in [2.24, 2.45) is 0 Å². The minimum absolute atomic E-state index is 0.0124. The first kappa shape index (κ1) is 19.3. The van der Waals surface area contributed by atoms with E-state index < -0.39 is 6.36 Å². The Morgan fingerprint density at radius 2 is 1.81 bits per heavy atom. The minimum Gasteiger partial charge on any atom is -0.405 e. The van der Waals surface area contributed by atoms with Crippen LogP contribution in [0.5, 0.6) is 5.75 Å². The molecule has 2 aromatic rings. The van der Waals surface area contributed by atoms with E-state index in [-0.39, 0.29) is 30.2 Å². The van der Waals surface area contributed by atoms with E-state index >= 15 is 0 Å². The Morgan fingerprint density at radius 3 is 2.42 bits per heavy atom. The molecule has 0 fully saturated rings. The Hall–Kier alpha value is -3.01. The number of rotatable bonds is 6. The molecule has 0 radical (unpaired) electrons. The van der Waals surface area contributed by atoms with Gasteiger partial charge in [-0.2, -0.15) is 5.26 Å². The van der Waals surface area contributed by atoms with Crippen molar-refractivity contribution >= 4 is 5.91 Å². The highest BCUT2D eigenvalue weighted by Crippen LogP contribution is 2.27. The fourth-order valence-corrected chi connectivity index (χ4v) is 2.39. The maximum Gasteiger partial charge on any atom is 0.573 e. The molecular weight excluding hydrogens is 345 g/mol. The van der Waals surface area contributed by atoms with Crippen LogP contribution in [0.2, 0.25) is 0 Å². The number of halogens is 3. The molecule has 1 amide bonds. The third-order valence-corrected chi connectivity index (χ3v) is 3.74. The number of nitrogens with zero attached hydrogens (tertiary/aromatic N) is 2. The zero-order chi connectivity index (χ0) is 19.2. The van der Waals surface area contributed by atoms with Crippen molar-refractivity contribution in [1.29, 1.82) is 5.26 Å². The molecule has 0 unspecified atom stereocenters. The van der Waals surface area contributed by atoms with Gasteiger partial charge in [-0.15, -0.1) is 13.2 Å². The largest absolute Gasteiger partial charge is 0.573 e. The van der Waals surface area contributed by atoms with Crippen LogP contribution >= 0.6 is 0 Å². The Balaban J connectivity index is 1.95. The first-order valence-electron chi connectivity index (χ1n) is 7.85. The fourth-order valence-electron chi connectivity index (χ4n) is 2.39. The summed E-state index contributed by atoms with van der Waals surface area (Å²) in [6, 6.07) is 14.7. The lowest BCUT2D eigenvalue weighted by Gasteiger charge is -2.20. The number of nitriles is 1. The van der Waals surface area contributed by atoms with Gasteiger partial charge >= 0.3 is 6.36 Å².